The van der Waals surface area contributed by atoms with E-state index in [-0.39, 0.29) is 35.0 Å². The monoisotopic (exact) mass is 454 g/mol. The van der Waals surface area contributed by atoms with Crippen molar-refractivity contribution in [2.45, 2.75) is 0 Å². The number of aromatic carboxylic acids is 1. The number of nitrogens with zero attached hydrogens (tertiary/aromatic N) is 1. The minimum atomic E-state index is -1.15. The number of aromatic hydroxyl groups is 1. The van der Waals surface area contributed by atoms with Gasteiger partial charge in [0.15, 0.2) is 0 Å². The Hall–Kier alpha value is -3.55. The van der Waals surface area contributed by atoms with Crippen molar-refractivity contribution in [3.05, 3.63) is 77.9 Å². The van der Waals surface area contributed by atoms with Crippen LogP contribution in [-0.2, 0) is 4.74 Å². The molecule has 0 bridgehead atoms. The van der Waals surface area contributed by atoms with Gasteiger partial charge < -0.3 is 25.2 Å². The SMILES string of the molecule is Cl.O=C(Nc1cc(-c2ccccc2)ccc1C(=O)O)c1cc(N2CCOCC2)ccc1O. The van der Waals surface area contributed by atoms with E-state index in [0.717, 1.165) is 16.8 Å². The highest BCUT2D eigenvalue weighted by Crippen LogP contribution is 2.29. The Labute approximate surface area is 191 Å². The van der Waals surface area contributed by atoms with Crippen molar-refractivity contribution >= 4 is 35.7 Å². The van der Waals surface area contributed by atoms with E-state index in [9.17, 15) is 19.8 Å². The Bertz CT molecular complexity index is 1110. The normalized spacial score (nSPS) is 13.2. The fourth-order valence-corrected chi connectivity index (χ4v) is 3.56. The van der Waals surface area contributed by atoms with Crippen LogP contribution in [-0.4, -0.2) is 48.4 Å². The van der Waals surface area contributed by atoms with E-state index in [1.54, 1.807) is 24.3 Å². The summed E-state index contributed by atoms with van der Waals surface area (Å²) in [5.41, 5.74) is 2.67. The van der Waals surface area contributed by atoms with Gasteiger partial charge in [0, 0.05) is 18.8 Å². The maximum Gasteiger partial charge on any atom is 0.337 e. The second-order valence-electron chi connectivity index (χ2n) is 7.19. The molecule has 4 rings (SSSR count). The van der Waals surface area contributed by atoms with Crippen LogP contribution in [0.15, 0.2) is 66.7 Å². The number of rotatable bonds is 5. The van der Waals surface area contributed by atoms with Crippen LogP contribution in [0.1, 0.15) is 20.7 Å². The van der Waals surface area contributed by atoms with Gasteiger partial charge in [-0.3, -0.25) is 4.79 Å². The van der Waals surface area contributed by atoms with E-state index in [4.69, 9.17) is 4.74 Å². The first-order valence-electron chi connectivity index (χ1n) is 9.93. The third kappa shape index (κ3) is 5.01. The lowest BCUT2D eigenvalue weighted by Crippen LogP contribution is -2.36. The molecule has 1 aliphatic heterocycles. The van der Waals surface area contributed by atoms with Crippen molar-refractivity contribution in [2.75, 3.05) is 36.5 Å². The number of carbonyl (C=O) groups is 2. The molecule has 1 fully saturated rings. The summed E-state index contributed by atoms with van der Waals surface area (Å²) < 4.78 is 5.36. The van der Waals surface area contributed by atoms with Crippen LogP contribution >= 0.6 is 12.4 Å². The lowest BCUT2D eigenvalue weighted by atomic mass is 10.0. The molecule has 166 valence electrons. The van der Waals surface area contributed by atoms with Gasteiger partial charge in [0.05, 0.1) is 30.0 Å². The molecule has 3 N–H and O–H groups in total. The molecule has 0 spiro atoms. The summed E-state index contributed by atoms with van der Waals surface area (Å²) in [6.07, 6.45) is 0. The third-order valence-electron chi connectivity index (χ3n) is 5.21. The van der Waals surface area contributed by atoms with Gasteiger partial charge in [-0.1, -0.05) is 36.4 Å². The zero-order chi connectivity index (χ0) is 21.8. The highest BCUT2D eigenvalue weighted by molar-refractivity contribution is 6.10. The largest absolute Gasteiger partial charge is 0.507 e. The molecule has 7 nitrogen and oxygen atoms in total. The number of phenolic OH excluding ortho intramolecular Hbond substituents is 1. The molecule has 1 saturated heterocycles. The van der Waals surface area contributed by atoms with E-state index in [1.165, 1.54) is 12.1 Å². The first kappa shape index (κ1) is 23.1. The summed E-state index contributed by atoms with van der Waals surface area (Å²) in [6, 6.07) is 19.1. The molecule has 8 heteroatoms. The second-order valence-corrected chi connectivity index (χ2v) is 7.19. The van der Waals surface area contributed by atoms with E-state index in [2.05, 4.69) is 10.2 Å². The number of benzene rings is 3. The van der Waals surface area contributed by atoms with E-state index < -0.39 is 11.9 Å². The van der Waals surface area contributed by atoms with Gasteiger partial charge in [0.2, 0.25) is 0 Å². The molecule has 3 aromatic carbocycles. The summed E-state index contributed by atoms with van der Waals surface area (Å²) in [5.74, 6) is -1.91. The molecule has 0 saturated carbocycles. The van der Waals surface area contributed by atoms with Gasteiger partial charge in [0.1, 0.15) is 5.75 Å². The summed E-state index contributed by atoms with van der Waals surface area (Å²) in [6.45, 7) is 2.57. The number of carboxylic acid groups (broad SMARTS) is 1. The number of anilines is 2. The standard InChI is InChI=1S/C24H22N2O5.ClH/c27-22-9-7-18(26-10-12-31-13-11-26)15-20(22)23(28)25-21-14-17(6-8-19(21)24(29)30)16-4-2-1-3-5-16;/h1-9,14-15,27H,10-13H2,(H,25,28)(H,29,30);1H. The Balaban J connectivity index is 0.00000289. The number of carboxylic acids is 1. The summed E-state index contributed by atoms with van der Waals surface area (Å²) >= 11 is 0. The number of ether oxygens (including phenoxy) is 1. The average Bonchev–Trinajstić information content (AvgIpc) is 2.80. The molecule has 0 aliphatic carbocycles. The third-order valence-corrected chi connectivity index (χ3v) is 5.21. The fraction of sp³-hybridized carbons (Fsp3) is 0.167. The molecule has 0 unspecified atom stereocenters. The lowest BCUT2D eigenvalue weighted by molar-refractivity contribution is 0.0698. The van der Waals surface area contributed by atoms with Gasteiger partial charge in [0.25, 0.3) is 5.91 Å². The quantitative estimate of drug-likeness (QED) is 0.532. The van der Waals surface area contributed by atoms with Crippen LogP contribution in [0.3, 0.4) is 0 Å². The lowest BCUT2D eigenvalue weighted by Gasteiger charge is -2.29. The molecule has 1 amide bonds. The highest BCUT2D eigenvalue weighted by Gasteiger charge is 2.19. The molecule has 1 heterocycles. The van der Waals surface area contributed by atoms with Crippen molar-refractivity contribution in [1.29, 1.82) is 0 Å². The summed E-state index contributed by atoms with van der Waals surface area (Å²) in [4.78, 5) is 26.7. The van der Waals surface area contributed by atoms with Crippen molar-refractivity contribution in [2.24, 2.45) is 0 Å². The number of halogens is 1. The number of morpholine rings is 1. The molecule has 1 aliphatic rings. The number of hydrogen-bond acceptors (Lipinski definition) is 5. The number of hydrogen-bond donors (Lipinski definition) is 3. The minimum absolute atomic E-state index is 0. The topological polar surface area (TPSA) is 99.1 Å². The second kappa shape index (κ2) is 10.2. The molecule has 32 heavy (non-hydrogen) atoms. The van der Waals surface area contributed by atoms with Gasteiger partial charge in [-0.25, -0.2) is 4.79 Å². The first-order valence-corrected chi connectivity index (χ1v) is 9.93. The van der Waals surface area contributed by atoms with Gasteiger partial charge in [-0.15, -0.1) is 12.4 Å². The van der Waals surface area contributed by atoms with Crippen molar-refractivity contribution in [1.82, 2.24) is 0 Å². The summed E-state index contributed by atoms with van der Waals surface area (Å²) in [7, 11) is 0. The first-order chi connectivity index (χ1) is 15.0. The van der Waals surface area contributed by atoms with Crippen molar-refractivity contribution in [3.63, 3.8) is 0 Å². The van der Waals surface area contributed by atoms with Crippen LogP contribution in [0.5, 0.6) is 5.75 Å². The van der Waals surface area contributed by atoms with E-state index >= 15 is 0 Å². The molecular weight excluding hydrogens is 432 g/mol. The maximum atomic E-state index is 13.0. The molecule has 3 aromatic rings. The predicted molar refractivity (Wildman–Crippen MR) is 125 cm³/mol. The van der Waals surface area contributed by atoms with Crippen LogP contribution in [0.2, 0.25) is 0 Å². The molecule has 0 aromatic heterocycles. The molecule has 0 atom stereocenters. The van der Waals surface area contributed by atoms with Crippen LogP contribution in [0, 0.1) is 0 Å². The average molecular weight is 455 g/mol. The zero-order valence-corrected chi connectivity index (χ0v) is 18.0. The van der Waals surface area contributed by atoms with Crippen molar-refractivity contribution < 1.29 is 24.5 Å². The van der Waals surface area contributed by atoms with Gasteiger partial charge in [-0.05, 0) is 41.5 Å². The fourth-order valence-electron chi connectivity index (χ4n) is 3.56. The highest BCUT2D eigenvalue weighted by atomic mass is 35.5. The smallest absolute Gasteiger partial charge is 0.337 e. The Morgan fingerprint density at radius 3 is 2.28 bits per heavy atom. The maximum absolute atomic E-state index is 13.0. The number of amides is 1. The predicted octanol–water partition coefficient (Wildman–Crippen LogP) is 4.27. The number of phenols is 1. The van der Waals surface area contributed by atoms with Crippen LogP contribution in [0.25, 0.3) is 11.1 Å². The Kier molecular flexibility index (Phi) is 7.35. The van der Waals surface area contributed by atoms with E-state index in [0.29, 0.717) is 26.3 Å². The van der Waals surface area contributed by atoms with Gasteiger partial charge in [-0.2, -0.15) is 0 Å². The van der Waals surface area contributed by atoms with Crippen molar-refractivity contribution in [3.8, 4) is 16.9 Å². The minimum Gasteiger partial charge on any atom is -0.507 e. The summed E-state index contributed by atoms with van der Waals surface area (Å²) in [5, 5.41) is 22.5. The van der Waals surface area contributed by atoms with Gasteiger partial charge >= 0.3 is 5.97 Å². The van der Waals surface area contributed by atoms with Crippen LogP contribution < -0.4 is 10.2 Å². The molecular formula is C24H23ClN2O5. The number of nitrogens with one attached hydrogen (secondary N) is 1. The van der Waals surface area contributed by atoms with E-state index in [1.807, 2.05) is 30.3 Å². The molecule has 0 radical (unpaired) electrons. The zero-order valence-electron chi connectivity index (χ0n) is 17.2. The Morgan fingerprint density at radius 2 is 1.59 bits per heavy atom. The Morgan fingerprint density at radius 1 is 0.875 bits per heavy atom. The van der Waals surface area contributed by atoms with Crippen LogP contribution in [0.4, 0.5) is 11.4 Å². The number of carbonyl (C=O) groups excluding carboxylic acids is 1.